The van der Waals surface area contributed by atoms with Crippen LogP contribution >= 0.6 is 0 Å². The van der Waals surface area contributed by atoms with Gasteiger partial charge in [-0.1, -0.05) is 19.3 Å². The molecule has 0 aromatic carbocycles. The number of likely N-dealkylation sites (N-methyl/N-ethyl adjacent to an activating group) is 1. The zero-order valence-corrected chi connectivity index (χ0v) is 17.0. The third kappa shape index (κ3) is 8.33. The minimum atomic E-state index is 0. The Kier molecular flexibility index (Phi) is 12.8. The van der Waals surface area contributed by atoms with E-state index in [-0.39, 0.29) is 17.1 Å². The van der Waals surface area contributed by atoms with Gasteiger partial charge < -0.3 is 9.64 Å². The summed E-state index contributed by atoms with van der Waals surface area (Å²) in [6.07, 6.45) is 25.8. The molecule has 0 aliphatic heterocycles. The molecule has 138 valence electrons. The first-order valence-electron chi connectivity index (χ1n) is 9.32. The Morgan fingerprint density at radius 1 is 0.960 bits per heavy atom. The minimum absolute atomic E-state index is 0. The van der Waals surface area contributed by atoms with Gasteiger partial charge in [0.15, 0.2) is 0 Å². The summed E-state index contributed by atoms with van der Waals surface area (Å²) in [7, 11) is 4.10. The zero-order chi connectivity index (χ0) is 17.2. The van der Waals surface area contributed by atoms with Crippen LogP contribution in [0, 0.1) is 69.6 Å². The molecule has 0 aromatic heterocycles. The van der Waals surface area contributed by atoms with Crippen LogP contribution in [0.25, 0.3) is 0 Å². The van der Waals surface area contributed by atoms with Gasteiger partial charge in [0.1, 0.15) is 0 Å². The zero-order valence-electron chi connectivity index (χ0n) is 15.9. The van der Waals surface area contributed by atoms with E-state index < -0.39 is 0 Å². The SMILES string of the molecule is CO[C@@H](C1CCCCC1)[C@H](C)N(C)C[C]1[CH][CH][CH][CH]1.[CH]1[CH][CH][CH][CH]1.[Fe+2]. The number of hydrogen-bond donors (Lipinski definition) is 0. The molecular weight excluding hydrogens is 350 g/mol. The second-order valence-electron chi connectivity index (χ2n) is 7.01. The van der Waals surface area contributed by atoms with Gasteiger partial charge in [0.2, 0.25) is 0 Å². The van der Waals surface area contributed by atoms with Crippen molar-refractivity contribution in [2.45, 2.75) is 51.2 Å². The molecule has 3 aliphatic carbocycles. The van der Waals surface area contributed by atoms with Gasteiger partial charge in [-0.3, -0.25) is 0 Å². The largest absolute Gasteiger partial charge is 2.00 e. The molecule has 2 nitrogen and oxygen atoms in total. The van der Waals surface area contributed by atoms with Crippen LogP contribution in [0.4, 0.5) is 0 Å². The van der Waals surface area contributed by atoms with Crippen LogP contribution in [-0.4, -0.2) is 37.7 Å². The third-order valence-electron chi connectivity index (χ3n) is 5.28. The van der Waals surface area contributed by atoms with Crippen LogP contribution in [0.2, 0.25) is 0 Å². The second-order valence-corrected chi connectivity index (χ2v) is 7.01. The first kappa shape index (κ1) is 23.5. The number of methoxy groups -OCH3 is 1. The van der Waals surface area contributed by atoms with Crippen molar-refractivity contribution in [2.75, 3.05) is 20.7 Å². The van der Waals surface area contributed by atoms with Crippen molar-refractivity contribution < 1.29 is 21.8 Å². The Morgan fingerprint density at radius 3 is 1.96 bits per heavy atom. The molecule has 0 bridgehead atoms. The standard InChI is InChI=1S/C17H28NO.C5H5.Fe/c1-14(18(2)13-15-9-7-8-10-15)17(19-3)16-11-5-4-6-12-16;1-2-4-5-3-1;/h7-10,14,16-17H,4-6,11-13H2,1-3H3;1-5H;/q;;+2/t14-,17+;;/m0../s1. The molecule has 0 unspecified atom stereocenters. The summed E-state index contributed by atoms with van der Waals surface area (Å²) in [4.78, 5) is 2.43. The Balaban J connectivity index is 0.000000448. The van der Waals surface area contributed by atoms with Gasteiger partial charge in [0.25, 0.3) is 0 Å². The predicted octanol–water partition coefficient (Wildman–Crippen LogP) is 4.33. The summed E-state index contributed by atoms with van der Waals surface area (Å²) in [5.74, 6) is 2.14. The maximum atomic E-state index is 5.85. The van der Waals surface area contributed by atoms with Gasteiger partial charge in [-0.15, -0.1) is 0 Å². The van der Waals surface area contributed by atoms with Crippen molar-refractivity contribution in [3.63, 3.8) is 0 Å². The summed E-state index contributed by atoms with van der Waals surface area (Å²) < 4.78 is 5.85. The fraction of sp³-hybridized carbons (Fsp3) is 0.545. The van der Waals surface area contributed by atoms with E-state index in [1.807, 2.05) is 39.2 Å². The van der Waals surface area contributed by atoms with E-state index in [1.165, 1.54) is 38.0 Å². The fourth-order valence-electron chi connectivity index (χ4n) is 3.77. The summed E-state index contributed by atoms with van der Waals surface area (Å²) >= 11 is 0. The molecule has 0 amide bonds. The van der Waals surface area contributed by atoms with Crippen molar-refractivity contribution in [1.29, 1.82) is 0 Å². The first-order valence-corrected chi connectivity index (χ1v) is 9.32. The Morgan fingerprint density at radius 2 is 1.48 bits per heavy atom. The van der Waals surface area contributed by atoms with Gasteiger partial charge in [0, 0.05) is 19.7 Å². The van der Waals surface area contributed by atoms with Gasteiger partial charge in [0.05, 0.1) is 6.10 Å². The van der Waals surface area contributed by atoms with Crippen LogP contribution in [0.15, 0.2) is 0 Å². The van der Waals surface area contributed by atoms with Crippen LogP contribution in [0.3, 0.4) is 0 Å². The molecule has 3 rings (SSSR count). The number of nitrogens with zero attached hydrogens (tertiary/aromatic N) is 1. The molecule has 25 heavy (non-hydrogen) atoms. The number of rotatable bonds is 6. The first-order chi connectivity index (χ1) is 11.7. The van der Waals surface area contributed by atoms with Crippen molar-refractivity contribution in [2.24, 2.45) is 5.92 Å². The molecule has 10 radical (unpaired) electrons. The van der Waals surface area contributed by atoms with E-state index in [0.29, 0.717) is 12.1 Å². The topological polar surface area (TPSA) is 12.5 Å². The molecule has 0 N–H and O–H groups in total. The molecule has 2 atom stereocenters. The maximum absolute atomic E-state index is 5.85. The molecule has 3 heteroatoms. The van der Waals surface area contributed by atoms with Crippen LogP contribution in [0.1, 0.15) is 39.0 Å². The van der Waals surface area contributed by atoms with Gasteiger partial charge in [-0.05, 0) is 96.4 Å². The molecule has 0 saturated heterocycles. The molecule has 0 aromatic rings. The summed E-state index contributed by atoms with van der Waals surface area (Å²) in [6.45, 7) is 3.33. The quantitative estimate of drug-likeness (QED) is 0.634. The van der Waals surface area contributed by atoms with Crippen LogP contribution in [0.5, 0.6) is 0 Å². The van der Waals surface area contributed by atoms with E-state index in [9.17, 15) is 0 Å². The molecule has 0 heterocycles. The van der Waals surface area contributed by atoms with Gasteiger partial charge >= 0.3 is 17.1 Å². The Labute approximate surface area is 168 Å². The van der Waals surface area contributed by atoms with Crippen molar-refractivity contribution in [1.82, 2.24) is 4.90 Å². The average molecular weight is 383 g/mol. The van der Waals surface area contributed by atoms with E-state index in [1.54, 1.807) is 0 Å². The number of hydrogen-bond acceptors (Lipinski definition) is 2. The van der Waals surface area contributed by atoms with Crippen molar-refractivity contribution in [3.8, 4) is 0 Å². The van der Waals surface area contributed by atoms with Gasteiger partial charge in [-0.25, -0.2) is 0 Å². The molecule has 3 saturated carbocycles. The third-order valence-corrected chi connectivity index (χ3v) is 5.28. The minimum Gasteiger partial charge on any atom is -0.380 e. The van der Waals surface area contributed by atoms with Crippen LogP contribution in [-0.2, 0) is 21.8 Å². The van der Waals surface area contributed by atoms with Crippen molar-refractivity contribution >= 4 is 0 Å². The second kappa shape index (κ2) is 13.6. The molecular formula is C22H33FeNO+2. The van der Waals surface area contributed by atoms with E-state index >= 15 is 0 Å². The summed E-state index contributed by atoms with van der Waals surface area (Å²) in [5.41, 5.74) is 0. The fourth-order valence-corrected chi connectivity index (χ4v) is 3.77. The molecule has 3 fully saturated rings. The average Bonchev–Trinajstić information content (AvgIpc) is 3.33. The van der Waals surface area contributed by atoms with Crippen LogP contribution < -0.4 is 0 Å². The smallest absolute Gasteiger partial charge is 0.380 e. The van der Waals surface area contributed by atoms with Gasteiger partial charge in [-0.2, -0.15) is 0 Å². The monoisotopic (exact) mass is 383 g/mol. The van der Waals surface area contributed by atoms with E-state index in [4.69, 9.17) is 4.74 Å². The normalized spacial score (nSPS) is 24.5. The summed E-state index contributed by atoms with van der Waals surface area (Å²) in [6, 6.07) is 0.475. The number of ether oxygens (including phenoxy) is 1. The summed E-state index contributed by atoms with van der Waals surface area (Å²) in [5, 5.41) is 0. The Bertz CT molecular complexity index is 302. The molecule has 0 spiro atoms. The van der Waals surface area contributed by atoms with E-state index in [0.717, 1.165) is 12.5 Å². The molecule has 3 aliphatic rings. The Hall–Kier alpha value is 0.439. The van der Waals surface area contributed by atoms with E-state index in [2.05, 4.69) is 44.6 Å². The predicted molar refractivity (Wildman–Crippen MR) is 101 cm³/mol. The maximum Gasteiger partial charge on any atom is 2.00 e. The van der Waals surface area contributed by atoms with Crippen molar-refractivity contribution in [3.05, 3.63) is 63.7 Å².